The summed E-state index contributed by atoms with van der Waals surface area (Å²) in [4.78, 5) is 11.7. The van der Waals surface area contributed by atoms with E-state index in [1.165, 1.54) is 0 Å². The lowest BCUT2D eigenvalue weighted by atomic mass is 9.88. The molecule has 1 unspecified atom stereocenters. The highest BCUT2D eigenvalue weighted by atomic mass is 16.6. The lowest BCUT2D eigenvalue weighted by molar-refractivity contribution is -0.157. The standard InChI is InChI=1S/C12H22O3/c1-4-7-12(2,3)11(13)15-9-10-6-5-8-14-10/h10H,4-9H2,1-3H3. The minimum Gasteiger partial charge on any atom is -0.463 e. The Kier molecular flexibility index (Phi) is 4.58. The Hall–Kier alpha value is -0.570. The van der Waals surface area contributed by atoms with Crippen LogP contribution < -0.4 is 0 Å². The zero-order valence-electron chi connectivity index (χ0n) is 10.0. The Morgan fingerprint density at radius 3 is 2.80 bits per heavy atom. The third-order valence-corrected chi connectivity index (χ3v) is 2.85. The van der Waals surface area contributed by atoms with E-state index in [0.717, 1.165) is 32.3 Å². The van der Waals surface area contributed by atoms with E-state index in [-0.39, 0.29) is 17.5 Å². The average molecular weight is 214 g/mol. The number of esters is 1. The molecule has 0 saturated carbocycles. The van der Waals surface area contributed by atoms with Crippen LogP contribution in [0.25, 0.3) is 0 Å². The largest absolute Gasteiger partial charge is 0.463 e. The van der Waals surface area contributed by atoms with Crippen LogP contribution in [0.15, 0.2) is 0 Å². The van der Waals surface area contributed by atoms with Crippen molar-refractivity contribution in [2.24, 2.45) is 5.41 Å². The van der Waals surface area contributed by atoms with Gasteiger partial charge in [0.15, 0.2) is 0 Å². The van der Waals surface area contributed by atoms with Crippen molar-refractivity contribution in [1.82, 2.24) is 0 Å². The maximum atomic E-state index is 11.7. The molecule has 0 radical (unpaired) electrons. The first-order chi connectivity index (χ1) is 7.06. The van der Waals surface area contributed by atoms with Gasteiger partial charge in [0.2, 0.25) is 0 Å². The smallest absolute Gasteiger partial charge is 0.311 e. The molecule has 0 aliphatic carbocycles. The summed E-state index contributed by atoms with van der Waals surface area (Å²) in [6, 6.07) is 0. The molecule has 88 valence electrons. The molecule has 0 spiro atoms. The first-order valence-electron chi connectivity index (χ1n) is 5.85. The highest BCUT2D eigenvalue weighted by Gasteiger charge is 2.29. The van der Waals surface area contributed by atoms with Crippen molar-refractivity contribution in [2.75, 3.05) is 13.2 Å². The highest BCUT2D eigenvalue weighted by molar-refractivity contribution is 5.75. The lowest BCUT2D eigenvalue weighted by Gasteiger charge is -2.22. The van der Waals surface area contributed by atoms with Crippen LogP contribution in [-0.4, -0.2) is 25.3 Å². The molecular weight excluding hydrogens is 192 g/mol. The molecule has 1 fully saturated rings. The summed E-state index contributed by atoms with van der Waals surface area (Å²) in [6.07, 6.45) is 4.10. The summed E-state index contributed by atoms with van der Waals surface area (Å²) >= 11 is 0. The van der Waals surface area contributed by atoms with E-state index in [1.807, 2.05) is 13.8 Å². The van der Waals surface area contributed by atoms with Gasteiger partial charge in [-0.3, -0.25) is 4.79 Å². The van der Waals surface area contributed by atoms with E-state index in [0.29, 0.717) is 6.61 Å². The second-order valence-corrected chi connectivity index (χ2v) is 4.87. The molecule has 1 heterocycles. The Bertz CT molecular complexity index is 205. The van der Waals surface area contributed by atoms with E-state index in [2.05, 4.69) is 6.92 Å². The van der Waals surface area contributed by atoms with Crippen molar-refractivity contribution in [3.8, 4) is 0 Å². The summed E-state index contributed by atoms with van der Waals surface area (Å²) in [5.41, 5.74) is -0.354. The highest BCUT2D eigenvalue weighted by Crippen LogP contribution is 2.24. The SMILES string of the molecule is CCCC(C)(C)C(=O)OCC1CCCO1. The molecule has 1 saturated heterocycles. The molecule has 1 aliphatic rings. The van der Waals surface area contributed by atoms with Gasteiger partial charge in [0, 0.05) is 6.61 Å². The summed E-state index contributed by atoms with van der Waals surface area (Å²) in [5, 5.41) is 0. The number of ether oxygens (including phenoxy) is 2. The molecule has 0 aromatic heterocycles. The average Bonchev–Trinajstić information content (AvgIpc) is 2.66. The van der Waals surface area contributed by atoms with Crippen LogP contribution >= 0.6 is 0 Å². The molecule has 1 rings (SSSR count). The molecule has 3 nitrogen and oxygen atoms in total. The van der Waals surface area contributed by atoms with Gasteiger partial charge in [-0.05, 0) is 33.1 Å². The quantitative estimate of drug-likeness (QED) is 0.660. The second-order valence-electron chi connectivity index (χ2n) is 4.87. The van der Waals surface area contributed by atoms with Crippen LogP contribution in [0, 0.1) is 5.41 Å². The van der Waals surface area contributed by atoms with Crippen molar-refractivity contribution < 1.29 is 14.3 Å². The lowest BCUT2D eigenvalue weighted by Crippen LogP contribution is -2.29. The first kappa shape index (κ1) is 12.5. The normalized spacial score (nSPS) is 21.7. The number of rotatable bonds is 5. The van der Waals surface area contributed by atoms with Gasteiger partial charge >= 0.3 is 5.97 Å². The van der Waals surface area contributed by atoms with E-state index in [1.54, 1.807) is 0 Å². The van der Waals surface area contributed by atoms with Gasteiger partial charge in [0.05, 0.1) is 11.5 Å². The Morgan fingerprint density at radius 1 is 1.53 bits per heavy atom. The Labute approximate surface area is 92.1 Å². The van der Waals surface area contributed by atoms with Crippen LogP contribution in [0.2, 0.25) is 0 Å². The van der Waals surface area contributed by atoms with Crippen LogP contribution in [0.5, 0.6) is 0 Å². The maximum Gasteiger partial charge on any atom is 0.311 e. The van der Waals surface area contributed by atoms with Gasteiger partial charge in [0.1, 0.15) is 6.61 Å². The van der Waals surface area contributed by atoms with Gasteiger partial charge in [-0.1, -0.05) is 13.3 Å². The molecule has 1 atom stereocenters. The van der Waals surface area contributed by atoms with Crippen LogP contribution in [-0.2, 0) is 14.3 Å². The molecule has 15 heavy (non-hydrogen) atoms. The van der Waals surface area contributed by atoms with Crippen molar-refractivity contribution in [3.05, 3.63) is 0 Å². The van der Waals surface area contributed by atoms with Gasteiger partial charge in [0.25, 0.3) is 0 Å². The third-order valence-electron chi connectivity index (χ3n) is 2.85. The van der Waals surface area contributed by atoms with E-state index >= 15 is 0 Å². The van der Waals surface area contributed by atoms with E-state index in [9.17, 15) is 4.79 Å². The number of hydrogen-bond donors (Lipinski definition) is 0. The molecule has 1 aliphatic heterocycles. The van der Waals surface area contributed by atoms with E-state index in [4.69, 9.17) is 9.47 Å². The predicted molar refractivity (Wildman–Crippen MR) is 58.6 cm³/mol. The summed E-state index contributed by atoms with van der Waals surface area (Å²) < 4.78 is 10.7. The van der Waals surface area contributed by atoms with Crippen LogP contribution in [0.4, 0.5) is 0 Å². The van der Waals surface area contributed by atoms with Crippen LogP contribution in [0.3, 0.4) is 0 Å². The van der Waals surface area contributed by atoms with Crippen molar-refractivity contribution in [3.63, 3.8) is 0 Å². The first-order valence-corrected chi connectivity index (χ1v) is 5.85. The topological polar surface area (TPSA) is 35.5 Å². The number of carbonyl (C=O) groups is 1. The number of hydrogen-bond acceptors (Lipinski definition) is 3. The second kappa shape index (κ2) is 5.50. The van der Waals surface area contributed by atoms with Crippen molar-refractivity contribution in [2.45, 2.75) is 52.6 Å². The van der Waals surface area contributed by atoms with Gasteiger partial charge in [-0.2, -0.15) is 0 Å². The summed E-state index contributed by atoms with van der Waals surface area (Å²) in [5.74, 6) is -0.0974. The fourth-order valence-electron chi connectivity index (χ4n) is 1.87. The van der Waals surface area contributed by atoms with Crippen molar-refractivity contribution >= 4 is 5.97 Å². The Morgan fingerprint density at radius 2 is 2.27 bits per heavy atom. The molecule has 0 N–H and O–H groups in total. The summed E-state index contributed by atoms with van der Waals surface area (Å²) in [7, 11) is 0. The van der Waals surface area contributed by atoms with Gasteiger partial charge in [-0.15, -0.1) is 0 Å². The molecule has 3 heteroatoms. The third kappa shape index (κ3) is 3.82. The summed E-state index contributed by atoms with van der Waals surface area (Å²) in [6.45, 7) is 7.18. The molecule has 0 aromatic rings. The predicted octanol–water partition coefficient (Wildman–Crippen LogP) is 2.53. The fraction of sp³-hybridized carbons (Fsp3) is 0.917. The number of carbonyl (C=O) groups excluding carboxylic acids is 1. The Balaban J connectivity index is 2.27. The zero-order chi connectivity index (χ0) is 11.3. The molecule has 0 aromatic carbocycles. The maximum absolute atomic E-state index is 11.7. The minimum atomic E-state index is -0.354. The van der Waals surface area contributed by atoms with E-state index < -0.39 is 0 Å². The molecule has 0 amide bonds. The van der Waals surface area contributed by atoms with Crippen molar-refractivity contribution in [1.29, 1.82) is 0 Å². The minimum absolute atomic E-state index is 0.0974. The van der Waals surface area contributed by atoms with Gasteiger partial charge in [-0.25, -0.2) is 0 Å². The monoisotopic (exact) mass is 214 g/mol. The zero-order valence-corrected chi connectivity index (χ0v) is 10.0. The van der Waals surface area contributed by atoms with Crippen LogP contribution in [0.1, 0.15) is 46.5 Å². The molecular formula is C12H22O3. The fourth-order valence-corrected chi connectivity index (χ4v) is 1.87. The van der Waals surface area contributed by atoms with Gasteiger partial charge < -0.3 is 9.47 Å². The molecule has 0 bridgehead atoms.